The SMILES string of the molecule is CCCOc1c(Cl)cc(/C=N\NC(=O)Cn2ccccc2=O)cc1OCC. The second kappa shape index (κ2) is 10.4. The third-order valence-corrected chi connectivity index (χ3v) is 3.68. The molecular weight excluding hydrogens is 370 g/mol. The second-order valence-electron chi connectivity index (χ2n) is 5.57. The molecule has 0 aliphatic rings. The molecule has 0 bridgehead atoms. The summed E-state index contributed by atoms with van der Waals surface area (Å²) in [6.07, 6.45) is 3.83. The average Bonchev–Trinajstić information content (AvgIpc) is 2.63. The van der Waals surface area contributed by atoms with Crippen LogP contribution in [0.2, 0.25) is 5.02 Å². The molecule has 1 heterocycles. The van der Waals surface area contributed by atoms with E-state index in [1.807, 2.05) is 13.8 Å². The van der Waals surface area contributed by atoms with Crippen LogP contribution in [-0.4, -0.2) is 29.9 Å². The zero-order valence-electron chi connectivity index (χ0n) is 15.3. The number of hydrogen-bond donors (Lipinski definition) is 1. The van der Waals surface area contributed by atoms with Crippen molar-refractivity contribution in [3.63, 3.8) is 0 Å². The molecule has 144 valence electrons. The molecule has 0 aliphatic carbocycles. The minimum atomic E-state index is -0.418. The van der Waals surface area contributed by atoms with Crippen molar-refractivity contribution < 1.29 is 14.3 Å². The molecule has 2 aromatic rings. The van der Waals surface area contributed by atoms with Crippen molar-refractivity contribution in [2.75, 3.05) is 13.2 Å². The monoisotopic (exact) mass is 391 g/mol. The zero-order chi connectivity index (χ0) is 19.6. The molecule has 0 saturated carbocycles. The van der Waals surface area contributed by atoms with E-state index in [1.54, 1.807) is 24.3 Å². The third kappa shape index (κ3) is 6.14. The van der Waals surface area contributed by atoms with Crippen LogP contribution in [-0.2, 0) is 11.3 Å². The van der Waals surface area contributed by atoms with Gasteiger partial charge in [0.05, 0.1) is 24.5 Å². The maximum Gasteiger partial charge on any atom is 0.260 e. The minimum Gasteiger partial charge on any atom is -0.490 e. The molecule has 2 rings (SSSR count). The van der Waals surface area contributed by atoms with E-state index in [2.05, 4.69) is 10.5 Å². The molecule has 0 radical (unpaired) electrons. The lowest BCUT2D eigenvalue weighted by atomic mass is 10.2. The summed E-state index contributed by atoms with van der Waals surface area (Å²) in [5, 5.41) is 4.31. The quantitative estimate of drug-likeness (QED) is 0.526. The number of pyridine rings is 1. The lowest BCUT2D eigenvalue weighted by molar-refractivity contribution is -0.121. The number of carbonyl (C=O) groups excluding carboxylic acids is 1. The maximum atomic E-state index is 11.9. The number of carbonyl (C=O) groups is 1. The molecule has 27 heavy (non-hydrogen) atoms. The van der Waals surface area contributed by atoms with Crippen molar-refractivity contribution in [1.82, 2.24) is 9.99 Å². The van der Waals surface area contributed by atoms with Crippen LogP contribution < -0.4 is 20.5 Å². The van der Waals surface area contributed by atoms with Crippen molar-refractivity contribution in [1.29, 1.82) is 0 Å². The van der Waals surface area contributed by atoms with Crippen LogP contribution in [0.4, 0.5) is 0 Å². The molecule has 8 heteroatoms. The summed E-state index contributed by atoms with van der Waals surface area (Å²) >= 11 is 6.28. The number of benzene rings is 1. The molecule has 0 atom stereocenters. The highest BCUT2D eigenvalue weighted by atomic mass is 35.5. The third-order valence-electron chi connectivity index (χ3n) is 3.40. The van der Waals surface area contributed by atoms with Crippen molar-refractivity contribution >= 4 is 23.7 Å². The Bertz CT molecular complexity index is 864. The molecule has 1 N–H and O–H groups in total. The Morgan fingerprint density at radius 3 is 2.81 bits per heavy atom. The number of nitrogens with zero attached hydrogens (tertiary/aromatic N) is 2. The van der Waals surface area contributed by atoms with Crippen LogP contribution in [0.1, 0.15) is 25.8 Å². The van der Waals surface area contributed by atoms with Crippen LogP contribution in [0.25, 0.3) is 0 Å². The number of hydrogen-bond acceptors (Lipinski definition) is 5. The van der Waals surface area contributed by atoms with Gasteiger partial charge >= 0.3 is 0 Å². The summed E-state index contributed by atoms with van der Waals surface area (Å²) in [5.41, 5.74) is 2.77. The van der Waals surface area contributed by atoms with Crippen LogP contribution in [0, 0.1) is 0 Å². The zero-order valence-corrected chi connectivity index (χ0v) is 16.0. The smallest absolute Gasteiger partial charge is 0.260 e. The number of amides is 1. The molecule has 1 amide bonds. The Hall–Kier alpha value is -2.80. The van der Waals surface area contributed by atoms with Gasteiger partial charge in [0.15, 0.2) is 11.5 Å². The van der Waals surface area contributed by atoms with Gasteiger partial charge in [-0.15, -0.1) is 0 Å². The summed E-state index contributed by atoms with van der Waals surface area (Å²) in [5.74, 6) is 0.589. The Kier molecular flexibility index (Phi) is 7.88. The predicted molar refractivity (Wildman–Crippen MR) is 105 cm³/mol. The molecule has 1 aromatic heterocycles. The van der Waals surface area contributed by atoms with Crippen molar-refractivity contribution in [3.8, 4) is 11.5 Å². The molecule has 1 aromatic carbocycles. The van der Waals surface area contributed by atoms with Crippen molar-refractivity contribution in [2.45, 2.75) is 26.8 Å². The second-order valence-corrected chi connectivity index (χ2v) is 5.98. The summed E-state index contributed by atoms with van der Waals surface area (Å²) in [6, 6.07) is 8.08. The highest BCUT2D eigenvalue weighted by molar-refractivity contribution is 6.32. The van der Waals surface area contributed by atoms with Crippen LogP contribution >= 0.6 is 11.6 Å². The summed E-state index contributed by atoms with van der Waals surface area (Å²) in [6.45, 7) is 4.74. The number of aromatic nitrogens is 1. The van der Waals surface area contributed by atoms with Gasteiger partial charge in [0.1, 0.15) is 6.54 Å². The number of hydrazone groups is 1. The van der Waals surface area contributed by atoms with E-state index in [1.165, 1.54) is 23.0 Å². The van der Waals surface area contributed by atoms with E-state index in [0.29, 0.717) is 35.3 Å². The molecule has 0 saturated heterocycles. The first-order valence-corrected chi connectivity index (χ1v) is 8.99. The van der Waals surface area contributed by atoms with Gasteiger partial charge in [0.2, 0.25) is 0 Å². The topological polar surface area (TPSA) is 81.9 Å². The van der Waals surface area contributed by atoms with E-state index in [0.717, 1.165) is 6.42 Å². The highest BCUT2D eigenvalue weighted by Gasteiger charge is 2.12. The highest BCUT2D eigenvalue weighted by Crippen LogP contribution is 2.36. The Morgan fingerprint density at radius 2 is 2.11 bits per heavy atom. The summed E-state index contributed by atoms with van der Waals surface area (Å²) in [4.78, 5) is 23.5. The number of ether oxygens (including phenoxy) is 2. The first-order valence-electron chi connectivity index (χ1n) is 8.61. The van der Waals surface area contributed by atoms with E-state index in [4.69, 9.17) is 21.1 Å². The van der Waals surface area contributed by atoms with Crippen molar-refractivity contribution in [3.05, 3.63) is 57.5 Å². The number of halogens is 1. The average molecular weight is 392 g/mol. The first-order chi connectivity index (χ1) is 13.0. The van der Waals surface area contributed by atoms with Gasteiger partial charge in [-0.05, 0) is 37.1 Å². The van der Waals surface area contributed by atoms with Gasteiger partial charge in [-0.25, -0.2) is 5.43 Å². The molecule has 0 unspecified atom stereocenters. The number of nitrogens with one attached hydrogen (secondary N) is 1. The molecule has 7 nitrogen and oxygen atoms in total. The van der Waals surface area contributed by atoms with Crippen LogP contribution in [0.15, 0.2) is 46.4 Å². The van der Waals surface area contributed by atoms with E-state index < -0.39 is 5.91 Å². The summed E-state index contributed by atoms with van der Waals surface area (Å²) < 4.78 is 12.5. The summed E-state index contributed by atoms with van der Waals surface area (Å²) in [7, 11) is 0. The van der Waals surface area contributed by atoms with Crippen LogP contribution in [0.5, 0.6) is 11.5 Å². The first kappa shape index (κ1) is 20.5. The van der Waals surface area contributed by atoms with E-state index >= 15 is 0 Å². The van der Waals surface area contributed by atoms with E-state index in [-0.39, 0.29) is 12.1 Å². The Balaban J connectivity index is 2.06. The Labute approximate surface area is 162 Å². The largest absolute Gasteiger partial charge is 0.490 e. The molecule has 0 fully saturated rings. The number of rotatable bonds is 9. The minimum absolute atomic E-state index is 0.119. The lowest BCUT2D eigenvalue weighted by Crippen LogP contribution is -2.28. The predicted octanol–water partition coefficient (Wildman–Crippen LogP) is 2.84. The Morgan fingerprint density at radius 1 is 1.30 bits per heavy atom. The van der Waals surface area contributed by atoms with Gasteiger partial charge in [-0.2, -0.15) is 5.10 Å². The van der Waals surface area contributed by atoms with Crippen molar-refractivity contribution in [2.24, 2.45) is 5.10 Å². The maximum absolute atomic E-state index is 11.9. The van der Waals surface area contributed by atoms with Gasteiger partial charge < -0.3 is 14.0 Å². The normalized spacial score (nSPS) is 10.8. The fourth-order valence-corrected chi connectivity index (χ4v) is 2.50. The van der Waals surface area contributed by atoms with Gasteiger partial charge in [0.25, 0.3) is 11.5 Å². The molecule has 0 aliphatic heterocycles. The lowest BCUT2D eigenvalue weighted by Gasteiger charge is -2.13. The fourth-order valence-electron chi connectivity index (χ4n) is 2.23. The molecular formula is C19H22ClN3O4. The van der Waals surface area contributed by atoms with E-state index in [9.17, 15) is 9.59 Å². The van der Waals surface area contributed by atoms with Gasteiger partial charge in [0, 0.05) is 12.3 Å². The standard InChI is InChI=1S/C19H22ClN3O4/c1-3-9-27-19-15(20)10-14(11-16(19)26-4-2)12-21-22-17(24)13-23-8-6-5-7-18(23)25/h5-8,10-12H,3-4,9,13H2,1-2H3,(H,22,24)/b21-12-. The van der Waals surface area contributed by atoms with Gasteiger partial charge in [-0.3, -0.25) is 9.59 Å². The van der Waals surface area contributed by atoms with Crippen LogP contribution in [0.3, 0.4) is 0 Å². The van der Waals surface area contributed by atoms with Gasteiger partial charge in [-0.1, -0.05) is 24.6 Å². The molecule has 0 spiro atoms. The fraction of sp³-hybridized carbons (Fsp3) is 0.316.